The summed E-state index contributed by atoms with van der Waals surface area (Å²) in [6.07, 6.45) is 2.97. The van der Waals surface area contributed by atoms with Gasteiger partial charge in [0.25, 0.3) is 0 Å². The Labute approximate surface area is 141 Å². The molecule has 2 aromatic carbocycles. The maximum atomic E-state index is 13.6. The van der Waals surface area contributed by atoms with Gasteiger partial charge in [0.05, 0.1) is 12.5 Å². The fourth-order valence-corrected chi connectivity index (χ4v) is 3.04. The number of nitrogen functional groups attached to an aromatic ring is 1. The van der Waals surface area contributed by atoms with E-state index in [1.165, 1.54) is 11.6 Å². The number of hydrogen-bond donors (Lipinski definition) is 2. The SMILES string of the molecule is Cl.Nc1ccc2c(c1)CCCC2NC(=O)Cc1ccccc1F. The predicted octanol–water partition coefficient (Wildman–Crippen LogP) is 3.57. The zero-order valence-electron chi connectivity index (χ0n) is 12.7. The second-order valence-electron chi connectivity index (χ2n) is 5.74. The van der Waals surface area contributed by atoms with E-state index in [0.29, 0.717) is 5.56 Å². The Kier molecular flexibility index (Phi) is 5.61. The summed E-state index contributed by atoms with van der Waals surface area (Å²) in [4.78, 5) is 12.2. The maximum Gasteiger partial charge on any atom is 0.225 e. The Balaban J connectivity index is 0.00000192. The first kappa shape index (κ1) is 17.3. The van der Waals surface area contributed by atoms with Crippen LogP contribution < -0.4 is 11.1 Å². The Morgan fingerprint density at radius 2 is 2.04 bits per heavy atom. The van der Waals surface area contributed by atoms with Crippen LogP contribution in [0.2, 0.25) is 0 Å². The number of amides is 1. The molecule has 0 spiro atoms. The van der Waals surface area contributed by atoms with Gasteiger partial charge in [0.2, 0.25) is 5.91 Å². The molecule has 2 aromatic rings. The maximum absolute atomic E-state index is 13.6. The third kappa shape index (κ3) is 4.02. The average molecular weight is 335 g/mol. The molecule has 122 valence electrons. The molecule has 0 saturated carbocycles. The lowest BCUT2D eigenvalue weighted by molar-refractivity contribution is -0.121. The highest BCUT2D eigenvalue weighted by Crippen LogP contribution is 2.31. The predicted molar refractivity (Wildman–Crippen MR) is 92.0 cm³/mol. The largest absolute Gasteiger partial charge is 0.399 e. The highest BCUT2D eigenvalue weighted by atomic mass is 35.5. The first-order valence-electron chi connectivity index (χ1n) is 7.54. The van der Waals surface area contributed by atoms with Crippen molar-refractivity contribution in [3.05, 3.63) is 65.0 Å². The van der Waals surface area contributed by atoms with Gasteiger partial charge in [-0.2, -0.15) is 0 Å². The number of carbonyl (C=O) groups excluding carboxylic acids is 1. The molecule has 1 aliphatic carbocycles. The number of benzene rings is 2. The van der Waals surface area contributed by atoms with Crippen molar-refractivity contribution in [3.8, 4) is 0 Å². The summed E-state index contributed by atoms with van der Waals surface area (Å²) in [5.74, 6) is -0.491. The fourth-order valence-electron chi connectivity index (χ4n) is 3.04. The van der Waals surface area contributed by atoms with Crippen molar-refractivity contribution in [2.24, 2.45) is 0 Å². The molecule has 0 aliphatic heterocycles. The number of halogens is 2. The van der Waals surface area contributed by atoms with Gasteiger partial charge in [-0.25, -0.2) is 4.39 Å². The molecule has 1 atom stereocenters. The van der Waals surface area contributed by atoms with Gasteiger partial charge >= 0.3 is 0 Å². The second-order valence-corrected chi connectivity index (χ2v) is 5.74. The van der Waals surface area contributed by atoms with Crippen molar-refractivity contribution < 1.29 is 9.18 Å². The van der Waals surface area contributed by atoms with Gasteiger partial charge in [0.15, 0.2) is 0 Å². The summed E-state index contributed by atoms with van der Waals surface area (Å²) in [5, 5.41) is 3.02. The monoisotopic (exact) mass is 334 g/mol. The highest BCUT2D eigenvalue weighted by molar-refractivity contribution is 5.85. The molecule has 1 unspecified atom stereocenters. The molecule has 3 N–H and O–H groups in total. The standard InChI is InChI=1S/C18H19FN2O.ClH/c19-16-6-2-1-4-13(16)11-18(22)21-17-7-3-5-12-10-14(20)8-9-15(12)17;/h1-2,4,6,8-10,17H,3,5,7,11,20H2,(H,21,22);1H. The number of hydrogen-bond acceptors (Lipinski definition) is 2. The van der Waals surface area contributed by atoms with Crippen LogP contribution in [0.5, 0.6) is 0 Å². The van der Waals surface area contributed by atoms with E-state index in [9.17, 15) is 9.18 Å². The first-order valence-corrected chi connectivity index (χ1v) is 7.54. The van der Waals surface area contributed by atoms with Crippen LogP contribution in [0.25, 0.3) is 0 Å². The van der Waals surface area contributed by atoms with Crippen molar-refractivity contribution in [2.75, 3.05) is 5.73 Å². The zero-order valence-corrected chi connectivity index (χ0v) is 13.5. The van der Waals surface area contributed by atoms with Crippen LogP contribution in [0.15, 0.2) is 42.5 Å². The minimum Gasteiger partial charge on any atom is -0.399 e. The number of anilines is 1. The Hall–Kier alpha value is -2.07. The molecular weight excluding hydrogens is 315 g/mol. The molecule has 5 heteroatoms. The van der Waals surface area contributed by atoms with Gasteiger partial charge in [0.1, 0.15) is 5.82 Å². The van der Waals surface area contributed by atoms with E-state index in [0.717, 1.165) is 30.5 Å². The number of fused-ring (bicyclic) bond motifs is 1. The number of nitrogens with two attached hydrogens (primary N) is 1. The van der Waals surface area contributed by atoms with Gasteiger partial charge in [-0.15, -0.1) is 12.4 Å². The summed E-state index contributed by atoms with van der Waals surface area (Å²) >= 11 is 0. The van der Waals surface area contributed by atoms with Crippen LogP contribution in [-0.4, -0.2) is 5.91 Å². The molecule has 1 aliphatic rings. The molecule has 3 rings (SSSR count). The van der Waals surface area contributed by atoms with E-state index >= 15 is 0 Å². The van der Waals surface area contributed by atoms with Gasteiger partial charge < -0.3 is 11.1 Å². The average Bonchev–Trinajstić information content (AvgIpc) is 2.49. The molecule has 1 amide bonds. The van der Waals surface area contributed by atoms with E-state index in [1.54, 1.807) is 18.2 Å². The summed E-state index contributed by atoms with van der Waals surface area (Å²) in [6, 6.07) is 12.2. The lowest BCUT2D eigenvalue weighted by Crippen LogP contribution is -2.32. The quantitative estimate of drug-likeness (QED) is 0.843. The number of rotatable bonds is 3. The van der Waals surface area contributed by atoms with Gasteiger partial charge in [0, 0.05) is 5.69 Å². The molecule has 3 nitrogen and oxygen atoms in total. The number of aryl methyl sites for hydroxylation is 1. The van der Waals surface area contributed by atoms with E-state index in [-0.39, 0.29) is 36.6 Å². The topological polar surface area (TPSA) is 55.1 Å². The lowest BCUT2D eigenvalue weighted by atomic mass is 9.87. The van der Waals surface area contributed by atoms with Crippen LogP contribution in [0, 0.1) is 5.82 Å². The minimum atomic E-state index is -0.338. The smallest absolute Gasteiger partial charge is 0.225 e. The van der Waals surface area contributed by atoms with Crippen LogP contribution in [-0.2, 0) is 17.6 Å². The molecular formula is C18H20ClFN2O. The molecule has 23 heavy (non-hydrogen) atoms. The summed E-state index contributed by atoms with van der Waals surface area (Å²) in [7, 11) is 0. The van der Waals surface area contributed by atoms with E-state index < -0.39 is 0 Å². The Morgan fingerprint density at radius 1 is 1.26 bits per heavy atom. The van der Waals surface area contributed by atoms with Crippen LogP contribution in [0.4, 0.5) is 10.1 Å². The van der Waals surface area contributed by atoms with Gasteiger partial charge in [-0.1, -0.05) is 24.3 Å². The van der Waals surface area contributed by atoms with E-state index in [1.807, 2.05) is 18.2 Å². The van der Waals surface area contributed by atoms with Gasteiger partial charge in [-0.05, 0) is 54.2 Å². The third-order valence-corrected chi connectivity index (χ3v) is 4.13. The van der Waals surface area contributed by atoms with Crippen molar-refractivity contribution in [1.29, 1.82) is 0 Å². The van der Waals surface area contributed by atoms with Crippen LogP contribution in [0.3, 0.4) is 0 Å². The molecule has 0 heterocycles. The Bertz CT molecular complexity index is 705. The molecule has 0 bridgehead atoms. The first-order chi connectivity index (χ1) is 10.6. The summed E-state index contributed by atoms with van der Waals surface area (Å²) < 4.78 is 13.6. The molecule has 0 aromatic heterocycles. The van der Waals surface area contributed by atoms with Crippen molar-refractivity contribution in [1.82, 2.24) is 5.32 Å². The molecule has 0 fully saturated rings. The fraction of sp³-hybridized carbons (Fsp3) is 0.278. The zero-order chi connectivity index (χ0) is 15.5. The van der Waals surface area contributed by atoms with Crippen molar-refractivity contribution >= 4 is 24.0 Å². The molecule has 0 saturated heterocycles. The summed E-state index contributed by atoms with van der Waals surface area (Å²) in [6.45, 7) is 0. The van der Waals surface area contributed by atoms with Gasteiger partial charge in [-0.3, -0.25) is 4.79 Å². The highest BCUT2D eigenvalue weighted by Gasteiger charge is 2.22. The third-order valence-electron chi connectivity index (χ3n) is 4.13. The second kappa shape index (κ2) is 7.47. The Morgan fingerprint density at radius 3 is 2.83 bits per heavy atom. The normalized spacial score (nSPS) is 16.1. The molecule has 0 radical (unpaired) electrons. The lowest BCUT2D eigenvalue weighted by Gasteiger charge is -2.26. The number of nitrogens with one attached hydrogen (secondary N) is 1. The van der Waals surface area contributed by atoms with Crippen molar-refractivity contribution in [2.45, 2.75) is 31.7 Å². The van der Waals surface area contributed by atoms with Crippen LogP contribution in [0.1, 0.15) is 35.6 Å². The summed E-state index contributed by atoms with van der Waals surface area (Å²) in [5.41, 5.74) is 9.31. The van der Waals surface area contributed by atoms with Crippen molar-refractivity contribution in [3.63, 3.8) is 0 Å². The minimum absolute atomic E-state index is 0. The van der Waals surface area contributed by atoms with E-state index in [2.05, 4.69) is 5.32 Å². The van der Waals surface area contributed by atoms with Crippen LogP contribution >= 0.6 is 12.4 Å². The number of carbonyl (C=O) groups is 1. The van der Waals surface area contributed by atoms with E-state index in [4.69, 9.17) is 5.73 Å².